The van der Waals surface area contributed by atoms with Gasteiger partial charge in [0.2, 0.25) is 0 Å². The van der Waals surface area contributed by atoms with Crippen molar-refractivity contribution in [2.75, 3.05) is 13.1 Å². The highest BCUT2D eigenvalue weighted by Gasteiger charge is 2.21. The number of thiophene rings is 1. The number of nitrogens with zero attached hydrogens (tertiary/aromatic N) is 2. The van der Waals surface area contributed by atoms with Gasteiger partial charge < -0.3 is 10.0 Å². The third-order valence-corrected chi connectivity index (χ3v) is 5.03. The van der Waals surface area contributed by atoms with Crippen LogP contribution in [0.5, 0.6) is 0 Å². The summed E-state index contributed by atoms with van der Waals surface area (Å²) in [5.41, 5.74) is 1.23. The lowest BCUT2D eigenvalue weighted by atomic mass is 10.0. The van der Waals surface area contributed by atoms with Crippen molar-refractivity contribution in [3.05, 3.63) is 34.7 Å². The fraction of sp³-hybridized carbons (Fsp3) is 0.400. The van der Waals surface area contributed by atoms with Gasteiger partial charge in [-0.05, 0) is 36.3 Å². The zero-order valence-electron chi connectivity index (χ0n) is 10.7. The Labute approximate surface area is 116 Å². The molecule has 3 nitrogen and oxygen atoms in total. The first kappa shape index (κ1) is 12.5. The summed E-state index contributed by atoms with van der Waals surface area (Å²) in [7, 11) is 0. The van der Waals surface area contributed by atoms with E-state index in [2.05, 4.69) is 18.3 Å². The maximum absolute atomic E-state index is 10.4. The Morgan fingerprint density at radius 3 is 3.00 bits per heavy atom. The highest BCUT2D eigenvalue weighted by Crippen LogP contribution is 2.37. The van der Waals surface area contributed by atoms with Crippen molar-refractivity contribution >= 4 is 21.4 Å². The van der Waals surface area contributed by atoms with E-state index in [1.807, 2.05) is 12.1 Å². The minimum atomic E-state index is -0.383. The summed E-state index contributed by atoms with van der Waals surface area (Å²) in [5.74, 6) is 0. The lowest BCUT2D eigenvalue weighted by molar-refractivity contribution is 0.165. The highest BCUT2D eigenvalue weighted by atomic mass is 32.1. The van der Waals surface area contributed by atoms with E-state index in [-0.39, 0.29) is 6.10 Å². The molecule has 4 heteroatoms. The first-order chi connectivity index (χ1) is 9.29. The molecular weight excluding hydrogens is 256 g/mol. The number of fused-ring (bicyclic) bond motifs is 3. The zero-order valence-corrected chi connectivity index (χ0v) is 11.5. The van der Waals surface area contributed by atoms with Crippen molar-refractivity contribution in [2.45, 2.75) is 25.4 Å². The van der Waals surface area contributed by atoms with E-state index in [9.17, 15) is 5.11 Å². The summed E-state index contributed by atoms with van der Waals surface area (Å²) in [6.07, 6.45) is 4.29. The molecule has 0 spiro atoms. The second kappa shape index (κ2) is 5.20. The monoisotopic (exact) mass is 272 g/mol. The molecule has 3 rings (SSSR count). The van der Waals surface area contributed by atoms with Gasteiger partial charge in [-0.1, -0.05) is 18.2 Å². The Morgan fingerprint density at radius 1 is 1.32 bits per heavy atom. The first-order valence-corrected chi connectivity index (χ1v) is 7.44. The van der Waals surface area contributed by atoms with E-state index in [1.54, 1.807) is 16.2 Å². The van der Waals surface area contributed by atoms with Crippen molar-refractivity contribution in [1.29, 1.82) is 5.26 Å². The molecule has 1 N–H and O–H groups in total. The van der Waals surface area contributed by atoms with E-state index in [4.69, 9.17) is 5.26 Å². The lowest BCUT2D eigenvalue weighted by Gasteiger charge is -2.13. The van der Waals surface area contributed by atoms with Crippen molar-refractivity contribution in [1.82, 2.24) is 4.90 Å². The molecule has 1 unspecified atom stereocenters. The van der Waals surface area contributed by atoms with Crippen LogP contribution in [0.15, 0.2) is 24.3 Å². The Hall–Kier alpha value is -1.57. The van der Waals surface area contributed by atoms with Crippen LogP contribution in [0.25, 0.3) is 10.1 Å². The predicted molar refractivity (Wildman–Crippen MR) is 76.9 cm³/mol. The van der Waals surface area contributed by atoms with E-state index in [0.717, 1.165) is 37.2 Å². The lowest BCUT2D eigenvalue weighted by Crippen LogP contribution is -2.21. The third kappa shape index (κ3) is 2.32. The standard InChI is InChI=1S/C15H16N2OS/c16-10-17-8-3-5-13(18)15-12(7-9-17)11-4-1-2-6-14(11)19-15/h1-2,4,6,13,18H,3,5,7-9H2. The number of hydrogen-bond donors (Lipinski definition) is 1. The molecule has 98 valence electrons. The number of aliphatic hydroxyl groups excluding tert-OH is 1. The smallest absolute Gasteiger partial charge is 0.179 e. The molecule has 0 saturated carbocycles. The summed E-state index contributed by atoms with van der Waals surface area (Å²) in [6, 6.07) is 8.29. The molecule has 1 atom stereocenters. The van der Waals surface area contributed by atoms with Gasteiger partial charge in [0.05, 0.1) is 6.10 Å². The molecule has 0 amide bonds. The summed E-state index contributed by atoms with van der Waals surface area (Å²) in [6.45, 7) is 1.50. The summed E-state index contributed by atoms with van der Waals surface area (Å²) in [5, 5.41) is 20.7. The molecule has 1 aliphatic rings. The summed E-state index contributed by atoms with van der Waals surface area (Å²) >= 11 is 1.70. The maximum Gasteiger partial charge on any atom is 0.179 e. The number of rotatable bonds is 0. The van der Waals surface area contributed by atoms with Crippen LogP contribution in [0.4, 0.5) is 0 Å². The van der Waals surface area contributed by atoms with Crippen molar-refractivity contribution in [2.24, 2.45) is 0 Å². The Bertz CT molecular complexity index is 629. The topological polar surface area (TPSA) is 47.3 Å². The number of aliphatic hydroxyl groups is 1. The van der Waals surface area contributed by atoms with Gasteiger partial charge in [-0.25, -0.2) is 0 Å². The van der Waals surface area contributed by atoms with Crippen molar-refractivity contribution in [3.63, 3.8) is 0 Å². The zero-order chi connectivity index (χ0) is 13.2. The molecule has 2 aromatic rings. The van der Waals surface area contributed by atoms with Gasteiger partial charge in [0, 0.05) is 22.7 Å². The second-order valence-corrected chi connectivity index (χ2v) is 6.02. The van der Waals surface area contributed by atoms with Gasteiger partial charge in [0.25, 0.3) is 0 Å². The average molecular weight is 272 g/mol. The first-order valence-electron chi connectivity index (χ1n) is 6.62. The molecule has 0 bridgehead atoms. The fourth-order valence-corrected chi connectivity index (χ4v) is 3.98. The average Bonchev–Trinajstić information content (AvgIpc) is 2.82. The number of hydrogen-bond acceptors (Lipinski definition) is 4. The molecule has 0 saturated heterocycles. The third-order valence-electron chi connectivity index (χ3n) is 3.71. The normalized spacial score (nSPS) is 20.2. The van der Waals surface area contributed by atoms with Crippen LogP contribution in [0.2, 0.25) is 0 Å². The largest absolute Gasteiger partial charge is 0.388 e. The molecule has 19 heavy (non-hydrogen) atoms. The second-order valence-electron chi connectivity index (χ2n) is 4.94. The predicted octanol–water partition coefficient (Wildman–Crippen LogP) is 3.05. The Kier molecular flexibility index (Phi) is 3.41. The molecule has 2 heterocycles. The molecular formula is C15H16N2OS. The molecule has 0 radical (unpaired) electrons. The molecule has 1 aliphatic heterocycles. The van der Waals surface area contributed by atoms with Crippen molar-refractivity contribution < 1.29 is 5.11 Å². The van der Waals surface area contributed by atoms with Gasteiger partial charge in [0.15, 0.2) is 6.19 Å². The minimum Gasteiger partial charge on any atom is -0.388 e. The van der Waals surface area contributed by atoms with Crippen LogP contribution in [0.1, 0.15) is 29.4 Å². The van der Waals surface area contributed by atoms with Crippen LogP contribution < -0.4 is 0 Å². The molecule has 0 fully saturated rings. The number of benzene rings is 1. The maximum atomic E-state index is 10.4. The highest BCUT2D eigenvalue weighted by molar-refractivity contribution is 7.19. The van der Waals surface area contributed by atoms with Gasteiger partial charge in [-0.2, -0.15) is 5.26 Å². The Balaban J connectivity index is 2.06. The van der Waals surface area contributed by atoms with Crippen LogP contribution in [-0.4, -0.2) is 23.1 Å². The van der Waals surface area contributed by atoms with E-state index in [1.165, 1.54) is 15.6 Å². The van der Waals surface area contributed by atoms with Crippen molar-refractivity contribution in [3.8, 4) is 6.19 Å². The van der Waals surface area contributed by atoms with Gasteiger partial charge in [-0.3, -0.25) is 0 Å². The quantitative estimate of drug-likeness (QED) is 0.750. The van der Waals surface area contributed by atoms with Gasteiger partial charge in [-0.15, -0.1) is 11.3 Å². The van der Waals surface area contributed by atoms with Gasteiger partial charge in [0.1, 0.15) is 0 Å². The molecule has 1 aromatic carbocycles. The van der Waals surface area contributed by atoms with Crippen LogP contribution >= 0.6 is 11.3 Å². The number of nitriles is 1. The van der Waals surface area contributed by atoms with E-state index in [0.29, 0.717) is 0 Å². The fourth-order valence-electron chi connectivity index (χ4n) is 2.71. The molecule has 0 aliphatic carbocycles. The summed E-state index contributed by atoms with van der Waals surface area (Å²) in [4.78, 5) is 2.90. The van der Waals surface area contributed by atoms with E-state index < -0.39 is 0 Å². The van der Waals surface area contributed by atoms with Crippen LogP contribution in [-0.2, 0) is 6.42 Å². The van der Waals surface area contributed by atoms with Crippen LogP contribution in [0, 0.1) is 11.5 Å². The Morgan fingerprint density at radius 2 is 2.16 bits per heavy atom. The minimum absolute atomic E-state index is 0.383. The molecule has 1 aromatic heterocycles. The SMILES string of the molecule is N#CN1CCCC(O)c2sc3ccccc3c2CC1. The van der Waals surface area contributed by atoms with E-state index >= 15 is 0 Å². The summed E-state index contributed by atoms with van der Waals surface area (Å²) < 4.78 is 1.23. The van der Waals surface area contributed by atoms with Gasteiger partial charge >= 0.3 is 0 Å². The van der Waals surface area contributed by atoms with Crippen LogP contribution in [0.3, 0.4) is 0 Å².